The van der Waals surface area contributed by atoms with E-state index in [4.69, 9.17) is 0 Å². The van der Waals surface area contributed by atoms with Gasteiger partial charge in [-0.2, -0.15) is 18.3 Å². The van der Waals surface area contributed by atoms with Crippen molar-refractivity contribution in [3.63, 3.8) is 0 Å². The fraction of sp³-hybridized carbons (Fsp3) is 0.0588. The molecule has 0 fully saturated rings. The predicted molar refractivity (Wildman–Crippen MR) is 83.0 cm³/mol. The number of alkyl halides is 3. The molecule has 0 saturated heterocycles. The number of nitrogens with one attached hydrogen (secondary N) is 1. The average Bonchev–Trinajstić information content (AvgIpc) is 3.09. The van der Waals surface area contributed by atoms with Crippen molar-refractivity contribution in [2.24, 2.45) is 0 Å². The Balaban J connectivity index is 1.81. The Hall–Kier alpha value is -3.09. The summed E-state index contributed by atoms with van der Waals surface area (Å²) in [4.78, 5) is 12.2. The van der Waals surface area contributed by atoms with Crippen LogP contribution in [0.3, 0.4) is 0 Å². The molecule has 1 aromatic heterocycles. The zero-order chi connectivity index (χ0) is 17.2. The van der Waals surface area contributed by atoms with E-state index in [1.54, 1.807) is 35.3 Å². The second-order valence-corrected chi connectivity index (χ2v) is 4.99. The minimum absolute atomic E-state index is 0.253. The molecule has 0 bridgehead atoms. The molecular formula is C17H12F3N3O. The van der Waals surface area contributed by atoms with Crippen molar-refractivity contribution in [1.29, 1.82) is 0 Å². The van der Waals surface area contributed by atoms with Crippen LogP contribution in [0.1, 0.15) is 15.9 Å². The fourth-order valence-corrected chi connectivity index (χ4v) is 2.22. The van der Waals surface area contributed by atoms with E-state index < -0.39 is 17.6 Å². The summed E-state index contributed by atoms with van der Waals surface area (Å²) in [5, 5.41) is 6.36. The van der Waals surface area contributed by atoms with Gasteiger partial charge in [0.1, 0.15) is 0 Å². The van der Waals surface area contributed by atoms with Gasteiger partial charge in [-0.05, 0) is 42.5 Å². The first-order valence-corrected chi connectivity index (χ1v) is 7.03. The van der Waals surface area contributed by atoms with E-state index in [1.165, 1.54) is 30.3 Å². The van der Waals surface area contributed by atoms with E-state index in [-0.39, 0.29) is 11.3 Å². The van der Waals surface area contributed by atoms with Gasteiger partial charge in [0.2, 0.25) is 0 Å². The molecule has 24 heavy (non-hydrogen) atoms. The third-order valence-electron chi connectivity index (χ3n) is 3.38. The molecule has 7 heteroatoms. The number of hydrogen-bond donors (Lipinski definition) is 1. The fourth-order valence-electron chi connectivity index (χ4n) is 2.22. The number of anilines is 1. The Morgan fingerprint density at radius 1 is 1.00 bits per heavy atom. The summed E-state index contributed by atoms with van der Waals surface area (Å²) in [6.45, 7) is 0. The van der Waals surface area contributed by atoms with Crippen LogP contribution in [-0.2, 0) is 6.18 Å². The molecule has 0 spiro atoms. The van der Waals surface area contributed by atoms with Gasteiger partial charge in [-0.3, -0.25) is 4.79 Å². The van der Waals surface area contributed by atoms with E-state index in [0.29, 0.717) is 0 Å². The molecule has 3 rings (SSSR count). The topological polar surface area (TPSA) is 46.9 Å². The van der Waals surface area contributed by atoms with Crippen molar-refractivity contribution in [3.05, 3.63) is 78.1 Å². The molecule has 1 amide bonds. The number of halogens is 3. The number of hydrogen-bond acceptors (Lipinski definition) is 2. The summed E-state index contributed by atoms with van der Waals surface area (Å²) >= 11 is 0. The van der Waals surface area contributed by atoms with Gasteiger partial charge in [0.05, 0.1) is 16.9 Å². The number of carbonyl (C=O) groups excluding carboxylic acids is 1. The third-order valence-corrected chi connectivity index (χ3v) is 3.38. The van der Waals surface area contributed by atoms with Gasteiger partial charge in [0.15, 0.2) is 0 Å². The van der Waals surface area contributed by atoms with Crippen LogP contribution in [0.2, 0.25) is 0 Å². The first kappa shape index (κ1) is 15.8. The van der Waals surface area contributed by atoms with Gasteiger partial charge in [-0.25, -0.2) is 4.68 Å². The summed E-state index contributed by atoms with van der Waals surface area (Å²) in [6, 6.07) is 13.0. The molecule has 0 unspecified atom stereocenters. The lowest BCUT2D eigenvalue weighted by molar-refractivity contribution is -0.136. The van der Waals surface area contributed by atoms with Crippen molar-refractivity contribution < 1.29 is 18.0 Å². The zero-order valence-electron chi connectivity index (χ0n) is 12.3. The molecule has 0 aliphatic heterocycles. The van der Waals surface area contributed by atoms with Crippen molar-refractivity contribution in [2.75, 3.05) is 5.32 Å². The molecule has 4 nitrogen and oxygen atoms in total. The van der Waals surface area contributed by atoms with Crippen molar-refractivity contribution in [3.8, 4) is 5.69 Å². The molecule has 1 heterocycles. The van der Waals surface area contributed by atoms with Crippen LogP contribution >= 0.6 is 0 Å². The Bertz CT molecular complexity index is 840. The van der Waals surface area contributed by atoms with Crippen molar-refractivity contribution in [1.82, 2.24) is 9.78 Å². The molecule has 0 saturated carbocycles. The van der Waals surface area contributed by atoms with Crippen molar-refractivity contribution >= 4 is 11.6 Å². The summed E-state index contributed by atoms with van der Waals surface area (Å²) < 4.78 is 40.5. The van der Waals surface area contributed by atoms with E-state index in [0.717, 1.165) is 11.8 Å². The van der Waals surface area contributed by atoms with E-state index in [1.807, 2.05) is 0 Å². The van der Waals surface area contributed by atoms with Gasteiger partial charge >= 0.3 is 6.18 Å². The highest BCUT2D eigenvalue weighted by Gasteiger charge is 2.33. The second-order valence-electron chi connectivity index (χ2n) is 4.99. The maximum atomic E-state index is 13.0. The summed E-state index contributed by atoms with van der Waals surface area (Å²) in [7, 11) is 0. The lowest BCUT2D eigenvalue weighted by Gasteiger charge is -2.13. The molecule has 0 aliphatic carbocycles. The monoisotopic (exact) mass is 331 g/mol. The van der Waals surface area contributed by atoms with Crippen LogP contribution in [0.25, 0.3) is 5.69 Å². The number of amides is 1. The molecular weight excluding hydrogens is 319 g/mol. The molecule has 2 aromatic carbocycles. The quantitative estimate of drug-likeness (QED) is 0.784. The minimum atomic E-state index is -4.53. The van der Waals surface area contributed by atoms with E-state index in [9.17, 15) is 18.0 Å². The van der Waals surface area contributed by atoms with Gasteiger partial charge < -0.3 is 5.32 Å². The Morgan fingerprint density at radius 2 is 1.71 bits per heavy atom. The maximum Gasteiger partial charge on any atom is 0.418 e. The standard InChI is InChI=1S/C17H12F3N3O/c18-17(19,20)14-4-1-2-5-15(14)22-16(24)12-6-8-13(9-7-12)23-11-3-10-21-23/h1-11H,(H,22,24). The first-order valence-electron chi connectivity index (χ1n) is 7.03. The predicted octanol–water partition coefficient (Wildman–Crippen LogP) is 4.14. The number of nitrogens with zero attached hydrogens (tertiary/aromatic N) is 2. The van der Waals surface area contributed by atoms with Crippen LogP contribution in [0.15, 0.2) is 67.0 Å². The average molecular weight is 331 g/mol. The normalized spacial score (nSPS) is 11.3. The summed E-state index contributed by atoms with van der Waals surface area (Å²) in [5.41, 5.74) is -0.159. The molecule has 0 atom stereocenters. The third kappa shape index (κ3) is 3.29. The number of aromatic nitrogens is 2. The minimum Gasteiger partial charge on any atom is -0.321 e. The number of carbonyl (C=O) groups is 1. The smallest absolute Gasteiger partial charge is 0.321 e. The largest absolute Gasteiger partial charge is 0.418 e. The second kappa shape index (κ2) is 6.19. The Kier molecular flexibility index (Phi) is 4.07. The highest BCUT2D eigenvalue weighted by molar-refractivity contribution is 6.04. The lowest BCUT2D eigenvalue weighted by atomic mass is 10.1. The highest BCUT2D eigenvalue weighted by Crippen LogP contribution is 2.34. The zero-order valence-corrected chi connectivity index (χ0v) is 12.3. The van der Waals surface area contributed by atoms with Crippen LogP contribution in [-0.4, -0.2) is 15.7 Å². The van der Waals surface area contributed by atoms with Crippen LogP contribution in [0, 0.1) is 0 Å². The first-order chi connectivity index (χ1) is 11.4. The van der Waals surface area contributed by atoms with Crippen molar-refractivity contribution in [2.45, 2.75) is 6.18 Å². The molecule has 0 radical (unpaired) electrons. The maximum absolute atomic E-state index is 13.0. The van der Waals surface area contributed by atoms with Gasteiger partial charge in [-0.1, -0.05) is 12.1 Å². The molecule has 1 N–H and O–H groups in total. The summed E-state index contributed by atoms with van der Waals surface area (Å²) in [5.74, 6) is -0.612. The SMILES string of the molecule is O=C(Nc1ccccc1C(F)(F)F)c1ccc(-n2cccn2)cc1. The van der Waals surface area contributed by atoms with Gasteiger partial charge in [0.25, 0.3) is 5.91 Å². The molecule has 3 aromatic rings. The molecule has 122 valence electrons. The number of benzene rings is 2. The summed E-state index contributed by atoms with van der Waals surface area (Å²) in [6.07, 6.45) is -1.17. The lowest BCUT2D eigenvalue weighted by Crippen LogP contribution is -2.16. The van der Waals surface area contributed by atoms with Crippen LogP contribution in [0.4, 0.5) is 18.9 Å². The van der Waals surface area contributed by atoms with E-state index >= 15 is 0 Å². The van der Waals surface area contributed by atoms with Crippen LogP contribution in [0.5, 0.6) is 0 Å². The van der Waals surface area contributed by atoms with Crippen LogP contribution < -0.4 is 5.32 Å². The Morgan fingerprint density at radius 3 is 2.33 bits per heavy atom. The Labute approximate surface area is 135 Å². The van der Waals surface area contributed by atoms with E-state index in [2.05, 4.69) is 10.4 Å². The highest BCUT2D eigenvalue weighted by atomic mass is 19.4. The molecule has 0 aliphatic rings. The number of rotatable bonds is 3. The van der Waals surface area contributed by atoms with Gasteiger partial charge in [-0.15, -0.1) is 0 Å². The number of para-hydroxylation sites is 1. The van der Waals surface area contributed by atoms with Gasteiger partial charge in [0, 0.05) is 18.0 Å².